The van der Waals surface area contributed by atoms with E-state index in [1.165, 1.54) is 87.5 Å². The first-order valence-corrected chi connectivity index (χ1v) is 15.7. The molecule has 0 atom stereocenters. The SMILES string of the molecule is CCCCOCCn1ncc2cc(C(C)C)ccc21.CCCN1CCC2(CC1)CC(CCCOC(C)C)C2. The van der Waals surface area contributed by atoms with Gasteiger partial charge in [-0.3, -0.25) is 4.68 Å². The second-order valence-corrected chi connectivity index (χ2v) is 12.5. The van der Waals surface area contributed by atoms with E-state index >= 15 is 0 Å². The number of nitrogens with zero attached hydrogens (tertiary/aromatic N) is 3. The van der Waals surface area contributed by atoms with E-state index in [2.05, 4.69) is 69.7 Å². The average molecular weight is 528 g/mol. The predicted molar refractivity (Wildman–Crippen MR) is 161 cm³/mol. The lowest BCUT2D eigenvalue weighted by molar-refractivity contribution is -0.0208. The molecule has 0 radical (unpaired) electrons. The van der Waals surface area contributed by atoms with Gasteiger partial charge in [-0.2, -0.15) is 5.10 Å². The number of hydrogen-bond donors (Lipinski definition) is 0. The van der Waals surface area contributed by atoms with E-state index in [0.717, 1.165) is 44.1 Å². The van der Waals surface area contributed by atoms with E-state index in [1.54, 1.807) is 0 Å². The zero-order valence-electron chi connectivity index (χ0n) is 25.5. The Morgan fingerprint density at radius 2 is 1.71 bits per heavy atom. The van der Waals surface area contributed by atoms with Gasteiger partial charge in [0.15, 0.2) is 0 Å². The highest BCUT2D eigenvalue weighted by atomic mass is 16.5. The largest absolute Gasteiger partial charge is 0.380 e. The van der Waals surface area contributed by atoms with Crippen molar-refractivity contribution in [1.29, 1.82) is 0 Å². The monoisotopic (exact) mass is 527 g/mol. The third-order valence-electron chi connectivity index (χ3n) is 8.53. The number of rotatable bonds is 14. The summed E-state index contributed by atoms with van der Waals surface area (Å²) in [7, 11) is 0. The molecule has 4 rings (SSSR count). The van der Waals surface area contributed by atoms with Crippen LogP contribution in [0.3, 0.4) is 0 Å². The van der Waals surface area contributed by atoms with Crippen LogP contribution in [0.4, 0.5) is 0 Å². The lowest BCUT2D eigenvalue weighted by Crippen LogP contribution is -2.47. The first-order valence-electron chi connectivity index (χ1n) is 15.7. The molecule has 1 aliphatic carbocycles. The average Bonchev–Trinajstić information content (AvgIpc) is 3.29. The molecule has 2 aromatic rings. The van der Waals surface area contributed by atoms with Gasteiger partial charge in [0, 0.05) is 18.6 Å². The van der Waals surface area contributed by atoms with Crippen molar-refractivity contribution in [3.63, 3.8) is 0 Å². The normalized spacial score (nSPS) is 17.8. The van der Waals surface area contributed by atoms with Crippen molar-refractivity contribution < 1.29 is 9.47 Å². The molecule has 0 amide bonds. The van der Waals surface area contributed by atoms with Crippen molar-refractivity contribution in [3.8, 4) is 0 Å². The minimum atomic E-state index is 0.399. The van der Waals surface area contributed by atoms with Crippen LogP contribution in [0.15, 0.2) is 24.4 Å². The highest BCUT2D eigenvalue weighted by Gasteiger charge is 2.44. The van der Waals surface area contributed by atoms with Crippen molar-refractivity contribution >= 4 is 10.9 Å². The minimum absolute atomic E-state index is 0.399. The Bertz CT molecular complexity index is 906. The van der Waals surface area contributed by atoms with Crippen molar-refractivity contribution in [3.05, 3.63) is 30.0 Å². The number of benzene rings is 1. The van der Waals surface area contributed by atoms with Crippen LogP contribution in [-0.4, -0.2) is 60.2 Å². The van der Waals surface area contributed by atoms with Crippen LogP contribution in [0.1, 0.15) is 111 Å². The summed E-state index contributed by atoms with van der Waals surface area (Å²) in [6.45, 7) is 20.6. The van der Waals surface area contributed by atoms with E-state index in [4.69, 9.17) is 9.47 Å². The van der Waals surface area contributed by atoms with Gasteiger partial charge in [0.1, 0.15) is 0 Å². The van der Waals surface area contributed by atoms with Gasteiger partial charge in [-0.05, 0) is 120 Å². The predicted octanol–water partition coefficient (Wildman–Crippen LogP) is 8.07. The molecule has 2 heterocycles. The zero-order chi connectivity index (χ0) is 27.4. The van der Waals surface area contributed by atoms with Crippen LogP contribution in [-0.2, 0) is 16.0 Å². The molecule has 5 heteroatoms. The van der Waals surface area contributed by atoms with Gasteiger partial charge in [0.25, 0.3) is 0 Å². The van der Waals surface area contributed by atoms with E-state index in [-0.39, 0.29) is 0 Å². The summed E-state index contributed by atoms with van der Waals surface area (Å²) in [4.78, 5) is 2.66. The van der Waals surface area contributed by atoms with Gasteiger partial charge in [0.2, 0.25) is 0 Å². The third kappa shape index (κ3) is 9.64. The van der Waals surface area contributed by atoms with Gasteiger partial charge in [0.05, 0.1) is 31.0 Å². The topological polar surface area (TPSA) is 39.5 Å². The first kappa shape index (κ1) is 31.1. The number of ether oxygens (including phenoxy) is 2. The van der Waals surface area contributed by atoms with Gasteiger partial charge >= 0.3 is 0 Å². The summed E-state index contributed by atoms with van der Waals surface area (Å²) < 4.78 is 13.3. The van der Waals surface area contributed by atoms with E-state index in [0.29, 0.717) is 12.0 Å². The van der Waals surface area contributed by atoms with Gasteiger partial charge < -0.3 is 14.4 Å². The molecule has 1 saturated carbocycles. The Kier molecular flexibility index (Phi) is 13.1. The molecule has 1 aromatic carbocycles. The summed E-state index contributed by atoms with van der Waals surface area (Å²) in [5.41, 5.74) is 3.32. The fourth-order valence-corrected chi connectivity index (χ4v) is 6.18. The summed E-state index contributed by atoms with van der Waals surface area (Å²) in [5, 5.41) is 5.67. The summed E-state index contributed by atoms with van der Waals surface area (Å²) in [6, 6.07) is 6.61. The molecule has 1 saturated heterocycles. The summed E-state index contributed by atoms with van der Waals surface area (Å²) in [5.74, 6) is 1.57. The molecule has 38 heavy (non-hydrogen) atoms. The molecule has 0 unspecified atom stereocenters. The second kappa shape index (κ2) is 16.0. The quantitative estimate of drug-likeness (QED) is 0.233. The lowest BCUT2D eigenvalue weighted by Gasteiger charge is -2.52. The molecule has 216 valence electrons. The third-order valence-corrected chi connectivity index (χ3v) is 8.53. The van der Waals surface area contributed by atoms with Crippen molar-refractivity contribution in [2.75, 3.05) is 39.5 Å². The van der Waals surface area contributed by atoms with Crippen molar-refractivity contribution in [2.45, 2.75) is 118 Å². The van der Waals surface area contributed by atoms with Gasteiger partial charge in [-0.1, -0.05) is 40.2 Å². The summed E-state index contributed by atoms with van der Waals surface area (Å²) in [6.07, 6.45) is 14.6. The van der Waals surface area contributed by atoms with Crippen LogP contribution in [0.2, 0.25) is 0 Å². The lowest BCUT2D eigenvalue weighted by atomic mass is 9.56. The highest BCUT2D eigenvalue weighted by Crippen LogP contribution is 2.53. The first-order chi connectivity index (χ1) is 18.4. The molecule has 1 aliphatic heterocycles. The molecular weight excluding hydrogens is 470 g/mol. The molecule has 2 fully saturated rings. The minimum Gasteiger partial charge on any atom is -0.380 e. The highest BCUT2D eigenvalue weighted by molar-refractivity contribution is 5.79. The molecule has 2 aliphatic rings. The van der Waals surface area contributed by atoms with Crippen LogP contribution < -0.4 is 0 Å². The van der Waals surface area contributed by atoms with E-state index in [1.807, 2.05) is 10.9 Å². The van der Waals surface area contributed by atoms with E-state index < -0.39 is 0 Å². The fraction of sp³-hybridized carbons (Fsp3) is 0.788. The number of fused-ring (bicyclic) bond motifs is 1. The van der Waals surface area contributed by atoms with Gasteiger partial charge in [-0.25, -0.2) is 0 Å². The van der Waals surface area contributed by atoms with Crippen molar-refractivity contribution in [2.24, 2.45) is 11.3 Å². The van der Waals surface area contributed by atoms with Crippen LogP contribution in [0.5, 0.6) is 0 Å². The number of aromatic nitrogens is 2. The molecule has 5 nitrogen and oxygen atoms in total. The molecule has 1 aromatic heterocycles. The zero-order valence-corrected chi connectivity index (χ0v) is 25.5. The standard InChI is InChI=1S/C17H33NO.C16H24N2O/c1-4-9-18-10-7-17(8-11-18)13-16(14-17)6-5-12-19-15(2)3;1-4-5-9-19-10-8-18-16-7-6-14(13(2)3)11-15(16)12-17-18/h15-16H,4-14H2,1-3H3;6-7,11-13H,4-5,8-10H2,1-3H3. The maximum absolute atomic E-state index is 5.63. The van der Waals surface area contributed by atoms with Crippen LogP contribution in [0.25, 0.3) is 10.9 Å². The second-order valence-electron chi connectivity index (χ2n) is 12.5. The number of unbranched alkanes of at least 4 members (excludes halogenated alkanes) is 1. The molecular formula is C33H57N3O2. The molecule has 1 spiro atoms. The number of piperidine rings is 1. The molecule has 0 bridgehead atoms. The van der Waals surface area contributed by atoms with E-state index in [9.17, 15) is 0 Å². The Balaban J connectivity index is 0.000000211. The van der Waals surface area contributed by atoms with Crippen LogP contribution >= 0.6 is 0 Å². The summed E-state index contributed by atoms with van der Waals surface area (Å²) >= 11 is 0. The van der Waals surface area contributed by atoms with Gasteiger partial charge in [-0.15, -0.1) is 0 Å². The van der Waals surface area contributed by atoms with Crippen LogP contribution in [0, 0.1) is 11.3 Å². The smallest absolute Gasteiger partial charge is 0.0683 e. The molecule has 0 N–H and O–H groups in total. The van der Waals surface area contributed by atoms with Crippen molar-refractivity contribution in [1.82, 2.24) is 14.7 Å². The maximum Gasteiger partial charge on any atom is 0.0683 e. The Morgan fingerprint density at radius 1 is 0.947 bits per heavy atom. The maximum atomic E-state index is 5.63. The fourth-order valence-electron chi connectivity index (χ4n) is 6.18. The Morgan fingerprint density at radius 3 is 2.37 bits per heavy atom. The Labute approximate surface area is 233 Å². The Hall–Kier alpha value is -1.43. The number of hydrogen-bond acceptors (Lipinski definition) is 4. The number of likely N-dealkylation sites (tertiary alicyclic amines) is 1.